The SMILES string of the molecule is CCC(CC)C(O)CNCc1ccc(C#N)cc1F. The van der Waals surface area contributed by atoms with E-state index in [-0.39, 0.29) is 11.7 Å². The second-order valence-corrected chi connectivity index (χ2v) is 4.69. The molecule has 4 heteroatoms. The van der Waals surface area contributed by atoms with Crippen LogP contribution >= 0.6 is 0 Å². The van der Waals surface area contributed by atoms with E-state index in [4.69, 9.17) is 5.26 Å². The topological polar surface area (TPSA) is 56.0 Å². The van der Waals surface area contributed by atoms with Crippen LogP contribution in [-0.2, 0) is 6.54 Å². The molecule has 2 N–H and O–H groups in total. The van der Waals surface area contributed by atoms with Gasteiger partial charge < -0.3 is 10.4 Å². The van der Waals surface area contributed by atoms with E-state index < -0.39 is 6.10 Å². The molecule has 0 radical (unpaired) electrons. The summed E-state index contributed by atoms with van der Waals surface area (Å²) < 4.78 is 13.6. The van der Waals surface area contributed by atoms with E-state index in [1.54, 1.807) is 12.1 Å². The summed E-state index contributed by atoms with van der Waals surface area (Å²) in [6.45, 7) is 4.91. The number of halogens is 1. The highest BCUT2D eigenvalue weighted by molar-refractivity contribution is 5.32. The normalized spacial score (nSPS) is 12.4. The van der Waals surface area contributed by atoms with E-state index in [1.807, 2.05) is 6.07 Å². The van der Waals surface area contributed by atoms with E-state index in [0.717, 1.165) is 12.8 Å². The van der Waals surface area contributed by atoms with Gasteiger partial charge in [0.1, 0.15) is 5.82 Å². The summed E-state index contributed by atoms with van der Waals surface area (Å²) >= 11 is 0. The Morgan fingerprint density at radius 3 is 2.58 bits per heavy atom. The van der Waals surface area contributed by atoms with Gasteiger partial charge >= 0.3 is 0 Å². The first-order chi connectivity index (χ1) is 9.12. The Hall–Kier alpha value is -1.44. The van der Waals surface area contributed by atoms with Gasteiger partial charge in [-0.25, -0.2) is 4.39 Å². The third kappa shape index (κ3) is 4.62. The molecule has 0 heterocycles. The lowest BCUT2D eigenvalue weighted by molar-refractivity contribution is 0.101. The monoisotopic (exact) mass is 264 g/mol. The van der Waals surface area contributed by atoms with Gasteiger partial charge in [0.15, 0.2) is 0 Å². The maximum Gasteiger partial charge on any atom is 0.129 e. The molecular formula is C15H21FN2O. The van der Waals surface area contributed by atoms with Crippen LogP contribution in [0.1, 0.15) is 37.8 Å². The van der Waals surface area contributed by atoms with Crippen molar-refractivity contribution in [2.45, 2.75) is 39.3 Å². The Bertz CT molecular complexity index is 438. The van der Waals surface area contributed by atoms with Gasteiger partial charge in [-0.05, 0) is 18.1 Å². The molecule has 1 unspecified atom stereocenters. The highest BCUT2D eigenvalue weighted by Gasteiger charge is 2.14. The predicted molar refractivity (Wildman–Crippen MR) is 72.9 cm³/mol. The first-order valence-electron chi connectivity index (χ1n) is 6.69. The summed E-state index contributed by atoms with van der Waals surface area (Å²) in [6.07, 6.45) is 1.46. The van der Waals surface area contributed by atoms with Crippen LogP contribution in [0.5, 0.6) is 0 Å². The van der Waals surface area contributed by atoms with Crippen LogP contribution in [0.25, 0.3) is 0 Å². The highest BCUT2D eigenvalue weighted by Crippen LogP contribution is 2.13. The van der Waals surface area contributed by atoms with E-state index in [1.165, 1.54) is 6.07 Å². The van der Waals surface area contributed by atoms with Crippen molar-refractivity contribution in [2.75, 3.05) is 6.54 Å². The van der Waals surface area contributed by atoms with E-state index >= 15 is 0 Å². The maximum absolute atomic E-state index is 13.6. The van der Waals surface area contributed by atoms with Gasteiger partial charge in [0.05, 0.1) is 17.7 Å². The third-order valence-corrected chi connectivity index (χ3v) is 3.44. The predicted octanol–water partition coefficient (Wildman–Crippen LogP) is 2.58. The second-order valence-electron chi connectivity index (χ2n) is 4.69. The van der Waals surface area contributed by atoms with Crippen molar-refractivity contribution in [3.05, 3.63) is 35.1 Å². The lowest BCUT2D eigenvalue weighted by Gasteiger charge is -2.20. The minimum atomic E-state index is -0.406. The molecule has 1 aromatic carbocycles. The standard InChI is InChI=1S/C15H21FN2O/c1-3-12(4-2)15(19)10-18-9-13-6-5-11(8-17)7-14(13)16/h5-7,12,15,18-19H,3-4,9-10H2,1-2H3. The summed E-state index contributed by atoms with van der Waals surface area (Å²) in [7, 11) is 0. The molecule has 0 spiro atoms. The van der Waals surface area contributed by atoms with Gasteiger partial charge in [-0.1, -0.05) is 32.8 Å². The fraction of sp³-hybridized carbons (Fsp3) is 0.533. The van der Waals surface area contributed by atoms with Gasteiger partial charge in [0.25, 0.3) is 0 Å². The average Bonchev–Trinajstić information content (AvgIpc) is 2.42. The number of nitrogens with one attached hydrogen (secondary N) is 1. The lowest BCUT2D eigenvalue weighted by atomic mass is 9.96. The zero-order valence-electron chi connectivity index (χ0n) is 11.5. The first kappa shape index (κ1) is 15.6. The highest BCUT2D eigenvalue weighted by atomic mass is 19.1. The molecule has 0 aliphatic heterocycles. The molecule has 3 nitrogen and oxygen atoms in total. The number of rotatable bonds is 7. The number of hydrogen-bond acceptors (Lipinski definition) is 3. The smallest absolute Gasteiger partial charge is 0.129 e. The second kappa shape index (κ2) is 7.88. The molecule has 0 amide bonds. The Morgan fingerprint density at radius 2 is 2.05 bits per heavy atom. The molecule has 0 aromatic heterocycles. The van der Waals surface area contributed by atoms with Gasteiger partial charge in [0, 0.05) is 18.7 Å². The summed E-state index contributed by atoms with van der Waals surface area (Å²) in [5.74, 6) is -0.109. The molecule has 0 saturated carbocycles. The summed E-state index contributed by atoms with van der Waals surface area (Å²) in [5.41, 5.74) is 0.828. The lowest BCUT2D eigenvalue weighted by Crippen LogP contribution is -2.32. The average molecular weight is 264 g/mol. The molecule has 1 atom stereocenters. The number of nitriles is 1. The van der Waals surface area contributed by atoms with Crippen LogP contribution in [0.4, 0.5) is 4.39 Å². The fourth-order valence-electron chi connectivity index (χ4n) is 2.11. The largest absolute Gasteiger partial charge is 0.392 e. The van der Waals surface area contributed by atoms with E-state index in [0.29, 0.717) is 24.2 Å². The molecule has 19 heavy (non-hydrogen) atoms. The molecule has 0 fully saturated rings. The fourth-order valence-corrected chi connectivity index (χ4v) is 2.11. The zero-order chi connectivity index (χ0) is 14.3. The molecule has 1 aromatic rings. The Morgan fingerprint density at radius 1 is 1.37 bits per heavy atom. The molecule has 1 rings (SSSR count). The van der Waals surface area contributed by atoms with Crippen LogP contribution in [0.3, 0.4) is 0 Å². The minimum absolute atomic E-state index is 0.276. The van der Waals surface area contributed by atoms with E-state index in [2.05, 4.69) is 19.2 Å². The Kier molecular flexibility index (Phi) is 6.48. The van der Waals surface area contributed by atoms with Crippen molar-refractivity contribution in [3.8, 4) is 6.07 Å². The van der Waals surface area contributed by atoms with Crippen molar-refractivity contribution >= 4 is 0 Å². The summed E-state index contributed by atoms with van der Waals surface area (Å²) in [5, 5.41) is 21.6. The van der Waals surface area contributed by atoms with Crippen molar-refractivity contribution in [2.24, 2.45) is 5.92 Å². The minimum Gasteiger partial charge on any atom is -0.392 e. The van der Waals surface area contributed by atoms with Crippen molar-refractivity contribution in [1.29, 1.82) is 5.26 Å². The number of aliphatic hydroxyl groups excluding tert-OH is 1. The first-order valence-corrected chi connectivity index (χ1v) is 6.69. The molecule has 0 bridgehead atoms. The van der Waals surface area contributed by atoms with Gasteiger partial charge in [-0.3, -0.25) is 0 Å². The quantitative estimate of drug-likeness (QED) is 0.796. The number of hydrogen-bond donors (Lipinski definition) is 2. The van der Waals surface area contributed by atoms with Crippen LogP contribution in [0.2, 0.25) is 0 Å². The van der Waals surface area contributed by atoms with Crippen LogP contribution in [-0.4, -0.2) is 17.8 Å². The van der Waals surface area contributed by atoms with Gasteiger partial charge in [0.2, 0.25) is 0 Å². The summed E-state index contributed by atoms with van der Waals surface area (Å²) in [4.78, 5) is 0. The number of nitrogens with zero attached hydrogens (tertiary/aromatic N) is 1. The van der Waals surface area contributed by atoms with Crippen molar-refractivity contribution in [1.82, 2.24) is 5.32 Å². The Balaban J connectivity index is 2.47. The Labute approximate surface area is 114 Å². The number of aliphatic hydroxyl groups is 1. The molecule has 0 saturated heterocycles. The van der Waals surface area contributed by atoms with E-state index in [9.17, 15) is 9.50 Å². The molecule has 0 aliphatic rings. The van der Waals surface area contributed by atoms with Gasteiger partial charge in [-0.2, -0.15) is 5.26 Å². The molecular weight excluding hydrogens is 243 g/mol. The molecule has 104 valence electrons. The van der Waals surface area contributed by atoms with Gasteiger partial charge in [-0.15, -0.1) is 0 Å². The summed E-state index contributed by atoms with van der Waals surface area (Å²) in [6, 6.07) is 6.33. The third-order valence-electron chi connectivity index (χ3n) is 3.44. The molecule has 0 aliphatic carbocycles. The van der Waals surface area contributed by atoms with Crippen LogP contribution < -0.4 is 5.32 Å². The van der Waals surface area contributed by atoms with Crippen LogP contribution in [0, 0.1) is 23.1 Å². The number of benzene rings is 1. The zero-order valence-corrected chi connectivity index (χ0v) is 11.5. The van der Waals surface area contributed by atoms with Crippen molar-refractivity contribution in [3.63, 3.8) is 0 Å². The van der Waals surface area contributed by atoms with Crippen LogP contribution in [0.15, 0.2) is 18.2 Å². The van der Waals surface area contributed by atoms with Crippen molar-refractivity contribution < 1.29 is 9.50 Å². The maximum atomic E-state index is 13.6.